The quantitative estimate of drug-likeness (QED) is 0.708. The standard InChI is InChI=1S/C20H20ClN3O/c21-20-16(13-15-3-1-2-4-19(15)23-20)14-22-17-5-7-18(8-6-17)24-9-11-25-12-10-24/h1-8,13,22H,9-12,14H2. The van der Waals surface area contributed by atoms with Crippen LogP contribution >= 0.6 is 11.6 Å². The first-order chi connectivity index (χ1) is 12.3. The molecule has 0 bridgehead atoms. The summed E-state index contributed by atoms with van der Waals surface area (Å²) in [4.78, 5) is 6.81. The molecule has 0 aliphatic carbocycles. The van der Waals surface area contributed by atoms with E-state index in [1.54, 1.807) is 0 Å². The van der Waals surface area contributed by atoms with Gasteiger partial charge >= 0.3 is 0 Å². The summed E-state index contributed by atoms with van der Waals surface area (Å²) in [6, 6.07) is 18.6. The summed E-state index contributed by atoms with van der Waals surface area (Å²) in [5.74, 6) is 0. The van der Waals surface area contributed by atoms with Gasteiger partial charge in [0.05, 0.1) is 18.7 Å². The molecule has 4 nitrogen and oxygen atoms in total. The van der Waals surface area contributed by atoms with E-state index in [0.717, 1.165) is 48.5 Å². The lowest BCUT2D eigenvalue weighted by atomic mass is 10.1. The zero-order valence-corrected chi connectivity index (χ0v) is 14.7. The molecule has 0 atom stereocenters. The Hall–Kier alpha value is -2.30. The van der Waals surface area contributed by atoms with E-state index in [4.69, 9.17) is 16.3 Å². The van der Waals surface area contributed by atoms with Gasteiger partial charge in [-0.05, 0) is 36.4 Å². The Balaban J connectivity index is 1.45. The monoisotopic (exact) mass is 353 g/mol. The highest BCUT2D eigenvalue weighted by Crippen LogP contribution is 2.23. The molecule has 1 aromatic heterocycles. The van der Waals surface area contributed by atoms with Crippen LogP contribution in [0, 0.1) is 0 Å². The van der Waals surface area contributed by atoms with Crippen LogP contribution in [0.5, 0.6) is 0 Å². The minimum absolute atomic E-state index is 0.552. The van der Waals surface area contributed by atoms with Crippen LogP contribution in [0.2, 0.25) is 5.15 Å². The van der Waals surface area contributed by atoms with E-state index in [-0.39, 0.29) is 0 Å². The van der Waals surface area contributed by atoms with Crippen LogP contribution in [0.15, 0.2) is 54.6 Å². The molecule has 1 fully saturated rings. The molecule has 3 aromatic rings. The normalized spacial score (nSPS) is 14.7. The predicted molar refractivity (Wildman–Crippen MR) is 104 cm³/mol. The number of morpholine rings is 1. The molecular weight excluding hydrogens is 334 g/mol. The summed E-state index contributed by atoms with van der Waals surface area (Å²) in [5, 5.41) is 5.08. The molecule has 1 N–H and O–H groups in total. The molecular formula is C20H20ClN3O. The SMILES string of the molecule is Clc1nc2ccccc2cc1CNc1ccc(N2CCOCC2)cc1. The summed E-state index contributed by atoms with van der Waals surface area (Å²) in [6.07, 6.45) is 0. The van der Waals surface area contributed by atoms with Crippen LogP contribution in [0.1, 0.15) is 5.56 Å². The number of anilines is 2. The van der Waals surface area contributed by atoms with Gasteiger partial charge in [-0.25, -0.2) is 4.98 Å². The zero-order valence-electron chi connectivity index (χ0n) is 13.9. The van der Waals surface area contributed by atoms with Crippen LogP contribution in [0.3, 0.4) is 0 Å². The second-order valence-electron chi connectivity index (χ2n) is 6.13. The molecule has 0 saturated carbocycles. The Labute approximate surface area is 152 Å². The van der Waals surface area contributed by atoms with E-state index in [1.165, 1.54) is 5.69 Å². The van der Waals surface area contributed by atoms with E-state index < -0.39 is 0 Å². The maximum atomic E-state index is 6.33. The predicted octanol–water partition coefficient (Wildman–Crippen LogP) is 4.34. The maximum Gasteiger partial charge on any atom is 0.134 e. The highest BCUT2D eigenvalue weighted by molar-refractivity contribution is 6.30. The molecule has 0 spiro atoms. The number of aromatic nitrogens is 1. The van der Waals surface area contributed by atoms with Gasteiger partial charge in [0.25, 0.3) is 0 Å². The first kappa shape index (κ1) is 16.2. The van der Waals surface area contributed by atoms with E-state index in [0.29, 0.717) is 11.7 Å². The number of pyridine rings is 1. The van der Waals surface area contributed by atoms with Gasteiger partial charge in [0, 0.05) is 42.0 Å². The number of benzene rings is 2. The molecule has 1 aliphatic rings. The van der Waals surface area contributed by atoms with Gasteiger partial charge < -0.3 is 15.0 Å². The average molecular weight is 354 g/mol. The van der Waals surface area contributed by atoms with Crippen molar-refractivity contribution in [2.24, 2.45) is 0 Å². The molecule has 2 heterocycles. The number of halogens is 1. The maximum absolute atomic E-state index is 6.33. The topological polar surface area (TPSA) is 37.4 Å². The van der Waals surface area contributed by atoms with Crippen molar-refractivity contribution >= 4 is 33.9 Å². The second-order valence-corrected chi connectivity index (χ2v) is 6.49. The van der Waals surface area contributed by atoms with Crippen molar-refractivity contribution in [2.45, 2.75) is 6.54 Å². The van der Waals surface area contributed by atoms with Gasteiger partial charge in [0.15, 0.2) is 0 Å². The van der Waals surface area contributed by atoms with Crippen molar-refractivity contribution in [3.05, 3.63) is 65.3 Å². The fourth-order valence-corrected chi connectivity index (χ4v) is 3.28. The Morgan fingerprint density at radius 1 is 1.04 bits per heavy atom. The second kappa shape index (κ2) is 7.30. The van der Waals surface area contributed by atoms with Gasteiger partial charge in [-0.1, -0.05) is 29.8 Å². The Kier molecular flexibility index (Phi) is 4.72. The van der Waals surface area contributed by atoms with Gasteiger partial charge in [0.1, 0.15) is 5.15 Å². The van der Waals surface area contributed by atoms with Crippen LogP contribution in [-0.4, -0.2) is 31.3 Å². The first-order valence-corrected chi connectivity index (χ1v) is 8.88. The highest BCUT2D eigenvalue weighted by atomic mass is 35.5. The van der Waals surface area contributed by atoms with Gasteiger partial charge in [0.2, 0.25) is 0 Å². The minimum atomic E-state index is 0.552. The largest absolute Gasteiger partial charge is 0.381 e. The smallest absolute Gasteiger partial charge is 0.134 e. The Bertz CT molecular complexity index is 860. The van der Waals surface area contributed by atoms with Crippen molar-refractivity contribution in [2.75, 3.05) is 36.5 Å². The summed E-state index contributed by atoms with van der Waals surface area (Å²) >= 11 is 6.33. The fourth-order valence-electron chi connectivity index (χ4n) is 3.07. The van der Waals surface area contributed by atoms with Gasteiger partial charge in [-0.15, -0.1) is 0 Å². The molecule has 5 heteroatoms. The molecule has 25 heavy (non-hydrogen) atoms. The van der Waals surface area contributed by atoms with Crippen LogP contribution in [0.4, 0.5) is 11.4 Å². The van der Waals surface area contributed by atoms with Crippen molar-refractivity contribution < 1.29 is 4.74 Å². The number of ether oxygens (including phenoxy) is 1. The summed E-state index contributed by atoms with van der Waals surface area (Å²) < 4.78 is 5.40. The highest BCUT2D eigenvalue weighted by Gasteiger charge is 2.11. The molecule has 0 unspecified atom stereocenters. The Morgan fingerprint density at radius 2 is 1.80 bits per heavy atom. The molecule has 0 amide bonds. The lowest BCUT2D eigenvalue weighted by Crippen LogP contribution is -2.36. The molecule has 2 aromatic carbocycles. The molecule has 1 saturated heterocycles. The number of nitrogens with one attached hydrogen (secondary N) is 1. The third-order valence-electron chi connectivity index (χ3n) is 4.48. The van der Waals surface area contributed by atoms with E-state index in [1.807, 2.05) is 18.2 Å². The van der Waals surface area contributed by atoms with Crippen LogP contribution < -0.4 is 10.2 Å². The van der Waals surface area contributed by atoms with Crippen LogP contribution in [-0.2, 0) is 11.3 Å². The summed E-state index contributed by atoms with van der Waals surface area (Å²) in [5.41, 5.74) is 4.23. The molecule has 128 valence electrons. The number of fused-ring (bicyclic) bond motifs is 1. The van der Waals surface area contributed by atoms with Gasteiger partial charge in [-0.2, -0.15) is 0 Å². The van der Waals surface area contributed by atoms with Crippen LogP contribution in [0.25, 0.3) is 10.9 Å². The van der Waals surface area contributed by atoms with Crippen molar-refractivity contribution in [3.8, 4) is 0 Å². The number of hydrogen-bond acceptors (Lipinski definition) is 4. The summed E-state index contributed by atoms with van der Waals surface area (Å²) in [6.45, 7) is 4.14. The third kappa shape index (κ3) is 3.70. The lowest BCUT2D eigenvalue weighted by Gasteiger charge is -2.28. The van der Waals surface area contributed by atoms with Crippen molar-refractivity contribution in [1.29, 1.82) is 0 Å². The van der Waals surface area contributed by atoms with Gasteiger partial charge in [-0.3, -0.25) is 0 Å². The molecule has 4 rings (SSSR count). The Morgan fingerprint density at radius 3 is 2.60 bits per heavy atom. The van der Waals surface area contributed by atoms with Crippen molar-refractivity contribution in [1.82, 2.24) is 4.98 Å². The van der Waals surface area contributed by atoms with E-state index in [2.05, 4.69) is 51.6 Å². The fraction of sp³-hybridized carbons (Fsp3) is 0.250. The third-order valence-corrected chi connectivity index (χ3v) is 4.80. The minimum Gasteiger partial charge on any atom is -0.381 e. The first-order valence-electron chi connectivity index (χ1n) is 8.50. The lowest BCUT2D eigenvalue weighted by molar-refractivity contribution is 0.122. The molecule has 0 radical (unpaired) electrons. The molecule has 1 aliphatic heterocycles. The number of nitrogens with zero attached hydrogens (tertiary/aromatic N) is 2. The number of para-hydroxylation sites is 1. The number of rotatable bonds is 4. The van der Waals surface area contributed by atoms with Crippen molar-refractivity contribution in [3.63, 3.8) is 0 Å². The zero-order chi connectivity index (χ0) is 17.1. The van der Waals surface area contributed by atoms with E-state index in [9.17, 15) is 0 Å². The number of hydrogen-bond donors (Lipinski definition) is 1. The van der Waals surface area contributed by atoms with E-state index >= 15 is 0 Å². The average Bonchev–Trinajstić information content (AvgIpc) is 2.67. The summed E-state index contributed by atoms with van der Waals surface area (Å²) in [7, 11) is 0.